The molecule has 4 nitrogen and oxygen atoms in total. The molecule has 2 fully saturated rings. The minimum atomic E-state index is 0.354. The van der Waals surface area contributed by atoms with Crippen molar-refractivity contribution in [2.24, 2.45) is 11.8 Å². The summed E-state index contributed by atoms with van der Waals surface area (Å²) < 4.78 is 0. The second kappa shape index (κ2) is 6.44. The number of aromatic nitrogens is 1. The molecule has 1 saturated heterocycles. The molecule has 1 aliphatic heterocycles. The lowest BCUT2D eigenvalue weighted by Crippen LogP contribution is -2.51. The van der Waals surface area contributed by atoms with Crippen molar-refractivity contribution >= 4 is 17.2 Å². The fourth-order valence-electron chi connectivity index (χ4n) is 3.22. The Morgan fingerprint density at radius 2 is 2.29 bits per heavy atom. The topological polar surface area (TPSA) is 45.2 Å². The van der Waals surface area contributed by atoms with E-state index in [0.29, 0.717) is 23.8 Å². The number of rotatable bonds is 5. The molecule has 0 radical (unpaired) electrons. The summed E-state index contributed by atoms with van der Waals surface area (Å²) in [5, 5.41) is 3.70. The summed E-state index contributed by atoms with van der Waals surface area (Å²) in [5.41, 5.74) is 3.06. The zero-order chi connectivity index (χ0) is 14.8. The fourth-order valence-corrected chi connectivity index (χ4v) is 3.95. The Morgan fingerprint density at radius 3 is 2.90 bits per heavy atom. The van der Waals surface area contributed by atoms with Gasteiger partial charge < -0.3 is 10.2 Å². The molecule has 0 bridgehead atoms. The highest BCUT2D eigenvalue weighted by Gasteiger charge is 2.37. The smallest absolute Gasteiger partial charge is 0.225 e. The van der Waals surface area contributed by atoms with E-state index in [1.54, 1.807) is 11.3 Å². The van der Waals surface area contributed by atoms with Crippen LogP contribution in [0.4, 0.5) is 0 Å². The first-order valence-corrected chi connectivity index (χ1v) is 8.98. The van der Waals surface area contributed by atoms with Gasteiger partial charge in [0, 0.05) is 36.5 Å². The predicted molar refractivity (Wildman–Crippen MR) is 85.2 cm³/mol. The normalized spacial score (nSPS) is 26.1. The average molecular weight is 307 g/mol. The molecule has 21 heavy (non-hydrogen) atoms. The van der Waals surface area contributed by atoms with Gasteiger partial charge in [0.1, 0.15) is 0 Å². The van der Waals surface area contributed by atoms with Gasteiger partial charge in [-0.15, -0.1) is 11.3 Å². The molecule has 0 spiro atoms. The van der Waals surface area contributed by atoms with Crippen molar-refractivity contribution in [3.05, 3.63) is 16.1 Å². The average Bonchev–Trinajstić information content (AvgIpc) is 3.27. The number of hydrogen-bond donors (Lipinski definition) is 1. The van der Waals surface area contributed by atoms with Crippen LogP contribution < -0.4 is 5.32 Å². The third-order valence-corrected chi connectivity index (χ3v) is 5.80. The molecule has 1 aromatic heterocycles. The zero-order valence-electron chi connectivity index (χ0n) is 13.0. The van der Waals surface area contributed by atoms with E-state index in [9.17, 15) is 4.79 Å². The highest BCUT2D eigenvalue weighted by atomic mass is 32.1. The summed E-state index contributed by atoms with van der Waals surface area (Å²) in [5.74, 6) is 1.34. The van der Waals surface area contributed by atoms with Gasteiger partial charge in [-0.1, -0.05) is 13.3 Å². The minimum Gasteiger partial charge on any atom is -0.342 e. The Hall–Kier alpha value is -0.940. The molecule has 1 amide bonds. The number of carbonyl (C=O) groups is 1. The van der Waals surface area contributed by atoms with E-state index < -0.39 is 0 Å². The number of nitrogens with zero attached hydrogens (tertiary/aromatic N) is 2. The summed E-state index contributed by atoms with van der Waals surface area (Å²) in [6.07, 6.45) is 4.43. The van der Waals surface area contributed by atoms with Gasteiger partial charge in [-0.05, 0) is 32.1 Å². The fraction of sp³-hybridized carbons (Fsp3) is 0.750. The Bertz CT molecular complexity index is 497. The quantitative estimate of drug-likeness (QED) is 0.909. The van der Waals surface area contributed by atoms with Crippen molar-refractivity contribution in [3.63, 3.8) is 0 Å². The van der Waals surface area contributed by atoms with Crippen LogP contribution in [0.5, 0.6) is 0 Å². The van der Waals surface area contributed by atoms with Crippen molar-refractivity contribution in [2.45, 2.75) is 52.1 Å². The zero-order valence-corrected chi connectivity index (χ0v) is 13.8. The van der Waals surface area contributed by atoms with Crippen LogP contribution in [0, 0.1) is 18.8 Å². The lowest BCUT2D eigenvalue weighted by atomic mass is 9.89. The number of carbonyl (C=O) groups excluding carboxylic acids is 1. The standard InChI is InChI=1S/C16H25N3OS/c1-3-12-9-19(16(20)13-4-5-13)7-6-14(12)17-8-15-11(2)18-10-21-15/h10,12-14,17H,3-9H2,1-2H3/t12-,14-/m0/s1. The summed E-state index contributed by atoms with van der Waals surface area (Å²) in [7, 11) is 0. The molecule has 2 atom stereocenters. The maximum atomic E-state index is 12.2. The number of piperidine rings is 1. The molecule has 2 heterocycles. The number of thiazole rings is 1. The molecule has 0 aromatic carbocycles. The van der Waals surface area contributed by atoms with Gasteiger partial charge in [-0.2, -0.15) is 0 Å². The van der Waals surface area contributed by atoms with Crippen LogP contribution in [-0.2, 0) is 11.3 Å². The molecule has 1 saturated carbocycles. The van der Waals surface area contributed by atoms with Crippen LogP contribution in [0.25, 0.3) is 0 Å². The first-order chi connectivity index (χ1) is 10.2. The minimum absolute atomic E-state index is 0.354. The summed E-state index contributed by atoms with van der Waals surface area (Å²) in [6.45, 7) is 7.08. The van der Waals surface area contributed by atoms with Gasteiger partial charge in [-0.25, -0.2) is 4.98 Å². The van der Waals surface area contributed by atoms with Crippen LogP contribution in [0.1, 0.15) is 43.2 Å². The van der Waals surface area contributed by atoms with Gasteiger partial charge in [0.05, 0.1) is 11.2 Å². The van der Waals surface area contributed by atoms with Gasteiger partial charge >= 0.3 is 0 Å². The van der Waals surface area contributed by atoms with E-state index in [1.807, 2.05) is 5.51 Å². The monoisotopic (exact) mass is 307 g/mol. The van der Waals surface area contributed by atoms with Crippen molar-refractivity contribution < 1.29 is 4.79 Å². The molecule has 2 aliphatic rings. The van der Waals surface area contributed by atoms with Crippen LogP contribution in [0.2, 0.25) is 0 Å². The predicted octanol–water partition coefficient (Wildman–Crippen LogP) is 2.58. The molecular formula is C16H25N3OS. The molecule has 1 aliphatic carbocycles. The SMILES string of the molecule is CC[C@H]1CN(C(=O)C2CC2)CC[C@@H]1NCc1scnc1C. The van der Waals surface area contributed by atoms with Gasteiger partial charge in [-0.3, -0.25) is 4.79 Å². The highest BCUT2D eigenvalue weighted by Crippen LogP contribution is 2.33. The van der Waals surface area contributed by atoms with Crippen molar-refractivity contribution in [3.8, 4) is 0 Å². The second-order valence-corrected chi connectivity index (χ2v) is 7.30. The maximum Gasteiger partial charge on any atom is 0.225 e. The van der Waals surface area contributed by atoms with E-state index >= 15 is 0 Å². The Morgan fingerprint density at radius 1 is 1.48 bits per heavy atom. The van der Waals surface area contributed by atoms with Gasteiger partial charge in [0.15, 0.2) is 0 Å². The molecule has 116 valence electrons. The molecular weight excluding hydrogens is 282 g/mol. The van der Waals surface area contributed by atoms with Crippen molar-refractivity contribution in [2.75, 3.05) is 13.1 Å². The molecule has 5 heteroatoms. The van der Waals surface area contributed by atoms with Gasteiger partial charge in [0.2, 0.25) is 5.91 Å². The lowest BCUT2D eigenvalue weighted by Gasteiger charge is -2.39. The van der Waals surface area contributed by atoms with E-state index in [4.69, 9.17) is 0 Å². The molecule has 0 unspecified atom stereocenters. The number of aryl methyl sites for hydroxylation is 1. The van der Waals surface area contributed by atoms with Crippen LogP contribution in [-0.4, -0.2) is 34.9 Å². The van der Waals surface area contributed by atoms with Crippen LogP contribution >= 0.6 is 11.3 Å². The number of nitrogens with one attached hydrogen (secondary N) is 1. The first-order valence-electron chi connectivity index (χ1n) is 8.10. The molecule has 1 N–H and O–H groups in total. The third-order valence-electron chi connectivity index (χ3n) is 4.87. The third kappa shape index (κ3) is 3.46. The maximum absolute atomic E-state index is 12.2. The highest BCUT2D eigenvalue weighted by molar-refractivity contribution is 7.09. The van der Waals surface area contributed by atoms with E-state index in [-0.39, 0.29) is 0 Å². The molecule has 1 aromatic rings. The van der Waals surface area contributed by atoms with Crippen LogP contribution in [0.3, 0.4) is 0 Å². The van der Waals surface area contributed by atoms with Crippen molar-refractivity contribution in [1.29, 1.82) is 0 Å². The van der Waals surface area contributed by atoms with Gasteiger partial charge in [0.25, 0.3) is 0 Å². The first kappa shape index (κ1) is 15.0. The van der Waals surface area contributed by atoms with E-state index in [0.717, 1.165) is 51.0 Å². The Kier molecular flexibility index (Phi) is 4.60. The Labute approximate surface area is 130 Å². The number of hydrogen-bond acceptors (Lipinski definition) is 4. The van der Waals surface area contributed by atoms with Crippen molar-refractivity contribution in [1.82, 2.24) is 15.2 Å². The van der Waals surface area contributed by atoms with E-state index in [1.165, 1.54) is 4.88 Å². The summed E-state index contributed by atoms with van der Waals surface area (Å²) in [6, 6.07) is 0.528. The number of amides is 1. The summed E-state index contributed by atoms with van der Waals surface area (Å²) >= 11 is 1.73. The Balaban J connectivity index is 1.54. The lowest BCUT2D eigenvalue weighted by molar-refractivity contribution is -0.134. The van der Waals surface area contributed by atoms with Crippen LogP contribution in [0.15, 0.2) is 5.51 Å². The largest absolute Gasteiger partial charge is 0.342 e. The number of likely N-dealkylation sites (tertiary alicyclic amines) is 1. The van der Waals surface area contributed by atoms with E-state index in [2.05, 4.69) is 29.0 Å². The molecule has 3 rings (SSSR count). The second-order valence-electron chi connectivity index (χ2n) is 6.36. The summed E-state index contributed by atoms with van der Waals surface area (Å²) in [4.78, 5) is 20.0.